The molecule has 0 aromatic carbocycles. The summed E-state index contributed by atoms with van der Waals surface area (Å²) in [5, 5.41) is 8.96. The predicted octanol–water partition coefficient (Wildman–Crippen LogP) is 1.86. The molecule has 0 unspecified atom stereocenters. The van der Waals surface area contributed by atoms with E-state index >= 15 is 0 Å². The summed E-state index contributed by atoms with van der Waals surface area (Å²) in [5.74, 6) is 1.07. The quantitative estimate of drug-likeness (QED) is 0.593. The van der Waals surface area contributed by atoms with Crippen LogP contribution in [0.4, 0.5) is 0 Å². The van der Waals surface area contributed by atoms with Gasteiger partial charge in [-0.15, -0.1) is 0 Å². The average Bonchev–Trinajstić information content (AvgIpc) is 2.27. The van der Waals surface area contributed by atoms with E-state index in [-0.39, 0.29) is 5.95 Å². The van der Waals surface area contributed by atoms with Crippen molar-refractivity contribution in [2.24, 2.45) is 0 Å². The van der Waals surface area contributed by atoms with Gasteiger partial charge in [0.25, 0.3) is 5.95 Å². The Labute approximate surface area is 59.5 Å². The number of aryl methyl sites for hydroxylation is 2. The lowest BCUT2D eigenvalue weighted by Crippen LogP contribution is -1.97. The molecule has 0 fully saturated rings. The molecule has 0 atom stereocenters. The van der Waals surface area contributed by atoms with Crippen LogP contribution in [0.3, 0.4) is 0 Å². The van der Waals surface area contributed by atoms with Crippen molar-refractivity contribution in [3.05, 3.63) is 17.4 Å². The third kappa shape index (κ3) is 0.801. The van der Waals surface area contributed by atoms with Crippen molar-refractivity contribution in [1.82, 2.24) is 0 Å². The number of rotatable bonds is 0. The van der Waals surface area contributed by atoms with Gasteiger partial charge in [-0.2, -0.15) is 0 Å². The first kappa shape index (κ1) is 5.83. The van der Waals surface area contributed by atoms with Crippen LogP contribution in [0.25, 0.3) is 0 Å². The molecule has 1 heterocycles. The van der Waals surface area contributed by atoms with Crippen LogP contribution in [0.2, 0.25) is 0 Å². The first-order valence-corrected chi connectivity index (χ1v) is 3.67. The Kier molecular flexibility index (Phi) is 1.19. The second kappa shape index (κ2) is 2.04. The Morgan fingerprint density at radius 1 is 1.30 bits per heavy atom. The van der Waals surface area contributed by atoms with Gasteiger partial charge in [-0.3, -0.25) is 0 Å². The van der Waals surface area contributed by atoms with Gasteiger partial charge in [0, 0.05) is 12.5 Å². The maximum Gasteiger partial charge on any atom is 0.282 e. The topological polar surface area (TPSA) is 33.4 Å². The molecule has 0 saturated carbocycles. The van der Waals surface area contributed by atoms with Crippen LogP contribution >= 0.6 is 0 Å². The zero-order chi connectivity index (χ0) is 6.97. The lowest BCUT2D eigenvalue weighted by atomic mass is 9.99. The molecular formula is C8H10O2. The fraction of sp³-hybridized carbons (Fsp3) is 0.500. The third-order valence-electron chi connectivity index (χ3n) is 1.98. The smallest absolute Gasteiger partial charge is 0.282 e. The van der Waals surface area contributed by atoms with E-state index in [2.05, 4.69) is 0 Å². The highest BCUT2D eigenvalue weighted by atomic mass is 16.5. The normalized spacial score (nSPS) is 16.8. The molecule has 0 spiro atoms. The van der Waals surface area contributed by atoms with Crippen LogP contribution in [0, 0.1) is 0 Å². The minimum absolute atomic E-state index is 0.0758. The van der Waals surface area contributed by atoms with E-state index in [1.165, 1.54) is 18.4 Å². The van der Waals surface area contributed by atoms with Crippen molar-refractivity contribution in [3.8, 4) is 5.95 Å². The summed E-state index contributed by atoms with van der Waals surface area (Å²) in [6.07, 6.45) is 4.49. The minimum Gasteiger partial charge on any atom is -0.481 e. The Morgan fingerprint density at radius 2 is 2.10 bits per heavy atom. The van der Waals surface area contributed by atoms with Crippen LogP contribution in [0.1, 0.15) is 24.2 Å². The van der Waals surface area contributed by atoms with E-state index in [1.807, 2.05) is 0 Å². The van der Waals surface area contributed by atoms with Crippen molar-refractivity contribution >= 4 is 0 Å². The summed E-state index contributed by atoms with van der Waals surface area (Å²) in [4.78, 5) is 0. The fourth-order valence-electron chi connectivity index (χ4n) is 1.47. The van der Waals surface area contributed by atoms with Gasteiger partial charge in [0.05, 0.1) is 0 Å². The summed E-state index contributed by atoms with van der Waals surface area (Å²) in [5.41, 5.74) is 1.20. The number of fused-ring (bicyclic) bond motifs is 1. The van der Waals surface area contributed by atoms with E-state index in [0.717, 1.165) is 18.6 Å². The number of hydrogen-bond acceptors (Lipinski definition) is 2. The summed E-state index contributed by atoms with van der Waals surface area (Å²) in [7, 11) is 0. The summed E-state index contributed by atoms with van der Waals surface area (Å²) in [6, 6.07) is 1.73. The highest BCUT2D eigenvalue weighted by molar-refractivity contribution is 5.25. The molecule has 1 aliphatic rings. The molecule has 1 aliphatic carbocycles. The van der Waals surface area contributed by atoms with Gasteiger partial charge in [0.15, 0.2) is 0 Å². The lowest BCUT2D eigenvalue weighted by molar-refractivity contribution is 0.315. The summed E-state index contributed by atoms with van der Waals surface area (Å²) >= 11 is 0. The van der Waals surface area contributed by atoms with E-state index in [0.29, 0.717) is 0 Å². The van der Waals surface area contributed by atoms with Gasteiger partial charge in [-0.25, -0.2) is 0 Å². The molecule has 2 heteroatoms. The van der Waals surface area contributed by atoms with E-state index in [4.69, 9.17) is 9.52 Å². The molecule has 2 nitrogen and oxygen atoms in total. The predicted molar refractivity (Wildman–Crippen MR) is 37.0 cm³/mol. The maximum atomic E-state index is 8.96. The molecule has 1 aromatic rings. The van der Waals surface area contributed by atoms with E-state index in [9.17, 15) is 0 Å². The second-order valence-corrected chi connectivity index (χ2v) is 2.74. The maximum absolute atomic E-state index is 8.96. The Hall–Kier alpha value is -0.920. The van der Waals surface area contributed by atoms with Gasteiger partial charge < -0.3 is 9.52 Å². The van der Waals surface area contributed by atoms with Gasteiger partial charge in [0.2, 0.25) is 0 Å². The molecule has 10 heavy (non-hydrogen) atoms. The largest absolute Gasteiger partial charge is 0.481 e. The Bertz CT molecular complexity index is 214. The van der Waals surface area contributed by atoms with Gasteiger partial charge in [-0.05, 0) is 24.8 Å². The zero-order valence-electron chi connectivity index (χ0n) is 5.76. The molecule has 2 rings (SSSR count). The Balaban J connectivity index is 2.41. The minimum atomic E-state index is 0.0758. The molecule has 1 N–H and O–H groups in total. The standard InChI is InChI=1S/C8H10O2/c9-8-5-6-3-1-2-4-7(6)10-8/h5,9H,1-4H2. The van der Waals surface area contributed by atoms with Gasteiger partial charge in [-0.1, -0.05) is 0 Å². The van der Waals surface area contributed by atoms with E-state index < -0.39 is 0 Å². The molecule has 0 amide bonds. The summed E-state index contributed by atoms with van der Waals surface area (Å²) < 4.78 is 5.06. The van der Waals surface area contributed by atoms with Crippen molar-refractivity contribution in [2.45, 2.75) is 25.7 Å². The van der Waals surface area contributed by atoms with Crippen molar-refractivity contribution < 1.29 is 9.52 Å². The fourth-order valence-corrected chi connectivity index (χ4v) is 1.47. The SMILES string of the molecule is Oc1cc2c(o1)CCCC2. The van der Waals surface area contributed by atoms with E-state index in [1.54, 1.807) is 6.07 Å². The number of aromatic hydroxyl groups is 1. The first-order valence-electron chi connectivity index (χ1n) is 3.67. The molecule has 0 saturated heterocycles. The van der Waals surface area contributed by atoms with Crippen LogP contribution in [-0.4, -0.2) is 5.11 Å². The number of hydrogen-bond donors (Lipinski definition) is 1. The summed E-state index contributed by atoms with van der Waals surface area (Å²) in [6.45, 7) is 0. The van der Waals surface area contributed by atoms with Gasteiger partial charge in [0.1, 0.15) is 5.76 Å². The van der Waals surface area contributed by atoms with Crippen LogP contribution in [-0.2, 0) is 12.8 Å². The first-order chi connectivity index (χ1) is 4.86. The molecule has 1 aromatic heterocycles. The average molecular weight is 138 g/mol. The van der Waals surface area contributed by atoms with Crippen LogP contribution in [0.5, 0.6) is 5.95 Å². The molecule has 0 aliphatic heterocycles. The van der Waals surface area contributed by atoms with Crippen molar-refractivity contribution in [1.29, 1.82) is 0 Å². The molecular weight excluding hydrogens is 128 g/mol. The highest BCUT2D eigenvalue weighted by Crippen LogP contribution is 2.27. The molecule has 54 valence electrons. The lowest BCUT2D eigenvalue weighted by Gasteiger charge is -2.06. The van der Waals surface area contributed by atoms with Crippen molar-refractivity contribution in [2.75, 3.05) is 0 Å². The highest BCUT2D eigenvalue weighted by Gasteiger charge is 2.13. The molecule has 0 radical (unpaired) electrons. The second-order valence-electron chi connectivity index (χ2n) is 2.74. The monoisotopic (exact) mass is 138 g/mol. The third-order valence-corrected chi connectivity index (χ3v) is 1.98. The van der Waals surface area contributed by atoms with Crippen molar-refractivity contribution in [3.63, 3.8) is 0 Å². The van der Waals surface area contributed by atoms with Crippen LogP contribution in [0.15, 0.2) is 10.5 Å². The van der Waals surface area contributed by atoms with Gasteiger partial charge >= 0.3 is 0 Å². The van der Waals surface area contributed by atoms with Crippen LogP contribution < -0.4 is 0 Å². The Morgan fingerprint density at radius 3 is 2.90 bits per heavy atom. The number of furan rings is 1. The zero-order valence-corrected chi connectivity index (χ0v) is 5.76. The molecule has 0 bridgehead atoms.